The van der Waals surface area contributed by atoms with E-state index in [1.54, 1.807) is 0 Å². The lowest BCUT2D eigenvalue weighted by atomic mass is 9.89. The lowest BCUT2D eigenvalue weighted by molar-refractivity contribution is 0.465. The molecule has 0 nitrogen and oxygen atoms in total. The summed E-state index contributed by atoms with van der Waals surface area (Å²) in [5, 5.41) is 0. The Kier molecular flexibility index (Phi) is 6.23. The van der Waals surface area contributed by atoms with Crippen molar-refractivity contribution >= 4 is 0 Å². The zero-order valence-corrected chi connectivity index (χ0v) is 11.1. The van der Waals surface area contributed by atoms with E-state index in [9.17, 15) is 13.2 Å². The predicted octanol–water partition coefficient (Wildman–Crippen LogP) is 5.57. The standard InChI is InChI=1S/C15H21F3/c1-3-5-6-8-11(7-4-2)12-9-14(17)15(18)10-13(12)16/h9-11H,3-8H2,1-2H3. The summed E-state index contributed by atoms with van der Waals surface area (Å²) in [6.45, 7) is 4.12. The second kappa shape index (κ2) is 7.45. The van der Waals surface area contributed by atoms with Crippen LogP contribution in [0.4, 0.5) is 13.2 Å². The van der Waals surface area contributed by atoms with E-state index in [4.69, 9.17) is 0 Å². The molecular formula is C15H21F3. The zero-order valence-electron chi connectivity index (χ0n) is 11.1. The monoisotopic (exact) mass is 258 g/mol. The van der Waals surface area contributed by atoms with Crippen molar-refractivity contribution in [3.05, 3.63) is 35.1 Å². The van der Waals surface area contributed by atoms with Gasteiger partial charge in [-0.05, 0) is 30.4 Å². The molecule has 1 unspecified atom stereocenters. The number of halogens is 3. The van der Waals surface area contributed by atoms with Gasteiger partial charge in [-0.25, -0.2) is 13.2 Å². The Labute approximate surface area is 107 Å². The third-order valence-corrected chi connectivity index (χ3v) is 3.27. The van der Waals surface area contributed by atoms with Gasteiger partial charge in [0.1, 0.15) is 5.82 Å². The van der Waals surface area contributed by atoms with Crippen LogP contribution in [0.25, 0.3) is 0 Å². The molecule has 102 valence electrons. The zero-order chi connectivity index (χ0) is 13.5. The fourth-order valence-corrected chi connectivity index (χ4v) is 2.30. The molecule has 0 fully saturated rings. The van der Waals surface area contributed by atoms with Crippen molar-refractivity contribution in [1.82, 2.24) is 0 Å². The van der Waals surface area contributed by atoms with Gasteiger partial charge in [0.15, 0.2) is 11.6 Å². The number of benzene rings is 1. The van der Waals surface area contributed by atoms with Crippen molar-refractivity contribution in [2.24, 2.45) is 0 Å². The Morgan fingerprint density at radius 2 is 1.50 bits per heavy atom. The highest BCUT2D eigenvalue weighted by Crippen LogP contribution is 2.30. The first kappa shape index (κ1) is 15.1. The molecule has 1 rings (SSSR count). The van der Waals surface area contributed by atoms with Crippen molar-refractivity contribution in [3.63, 3.8) is 0 Å². The molecule has 0 spiro atoms. The van der Waals surface area contributed by atoms with Crippen LogP contribution in [0.5, 0.6) is 0 Å². The number of rotatable bonds is 7. The molecule has 0 bridgehead atoms. The largest absolute Gasteiger partial charge is 0.207 e. The van der Waals surface area contributed by atoms with Gasteiger partial charge in [0.2, 0.25) is 0 Å². The van der Waals surface area contributed by atoms with Crippen LogP contribution in [0.2, 0.25) is 0 Å². The molecule has 0 aliphatic heterocycles. The van der Waals surface area contributed by atoms with Crippen LogP contribution < -0.4 is 0 Å². The molecule has 0 aliphatic rings. The minimum atomic E-state index is -1.11. The van der Waals surface area contributed by atoms with E-state index in [2.05, 4.69) is 6.92 Å². The maximum atomic E-state index is 13.7. The molecule has 0 saturated carbocycles. The quantitative estimate of drug-likeness (QED) is 0.443. The van der Waals surface area contributed by atoms with E-state index in [-0.39, 0.29) is 5.92 Å². The summed E-state index contributed by atoms with van der Waals surface area (Å²) in [6, 6.07) is 1.68. The highest BCUT2D eigenvalue weighted by atomic mass is 19.2. The van der Waals surface area contributed by atoms with Gasteiger partial charge in [-0.2, -0.15) is 0 Å². The lowest BCUT2D eigenvalue weighted by Crippen LogP contribution is -2.04. The molecule has 0 N–H and O–H groups in total. The van der Waals surface area contributed by atoms with Gasteiger partial charge in [0.05, 0.1) is 0 Å². The number of hydrogen-bond acceptors (Lipinski definition) is 0. The average Bonchev–Trinajstić information content (AvgIpc) is 2.33. The van der Waals surface area contributed by atoms with Gasteiger partial charge >= 0.3 is 0 Å². The third kappa shape index (κ3) is 4.04. The summed E-state index contributed by atoms with van der Waals surface area (Å²) in [5.41, 5.74) is 0.326. The Morgan fingerprint density at radius 1 is 0.833 bits per heavy atom. The molecule has 0 heterocycles. The maximum Gasteiger partial charge on any atom is 0.161 e. The highest BCUT2D eigenvalue weighted by Gasteiger charge is 2.18. The predicted molar refractivity (Wildman–Crippen MR) is 68.1 cm³/mol. The second-order valence-corrected chi connectivity index (χ2v) is 4.77. The molecule has 1 atom stereocenters. The van der Waals surface area contributed by atoms with Crippen LogP contribution in [-0.2, 0) is 0 Å². The molecule has 0 amide bonds. The Morgan fingerprint density at radius 3 is 2.11 bits per heavy atom. The number of unbranched alkanes of at least 4 members (excludes halogenated alkanes) is 2. The fraction of sp³-hybridized carbons (Fsp3) is 0.600. The van der Waals surface area contributed by atoms with Crippen molar-refractivity contribution in [3.8, 4) is 0 Å². The Bertz CT molecular complexity index is 374. The first-order chi connectivity index (χ1) is 8.60. The van der Waals surface area contributed by atoms with Gasteiger partial charge < -0.3 is 0 Å². The summed E-state index contributed by atoms with van der Waals surface area (Å²) in [7, 11) is 0. The SMILES string of the molecule is CCCCCC(CCC)c1cc(F)c(F)cc1F. The molecular weight excluding hydrogens is 237 g/mol. The first-order valence-corrected chi connectivity index (χ1v) is 6.74. The number of hydrogen-bond donors (Lipinski definition) is 0. The van der Waals surface area contributed by atoms with E-state index in [0.29, 0.717) is 11.6 Å². The van der Waals surface area contributed by atoms with Crippen LogP contribution in [0.3, 0.4) is 0 Å². The van der Waals surface area contributed by atoms with E-state index in [0.717, 1.165) is 44.6 Å². The van der Waals surface area contributed by atoms with Gasteiger partial charge in [-0.3, -0.25) is 0 Å². The van der Waals surface area contributed by atoms with Crippen LogP contribution in [0.1, 0.15) is 63.9 Å². The van der Waals surface area contributed by atoms with E-state index >= 15 is 0 Å². The van der Waals surface area contributed by atoms with Gasteiger partial charge in [0, 0.05) is 6.07 Å². The van der Waals surface area contributed by atoms with Crippen molar-refractivity contribution in [2.75, 3.05) is 0 Å². The van der Waals surface area contributed by atoms with Crippen molar-refractivity contribution in [2.45, 2.75) is 58.3 Å². The molecule has 0 saturated heterocycles. The second-order valence-electron chi connectivity index (χ2n) is 4.77. The summed E-state index contributed by atoms with van der Waals surface area (Å²) >= 11 is 0. The molecule has 0 aromatic heterocycles. The van der Waals surface area contributed by atoms with Crippen LogP contribution >= 0.6 is 0 Å². The average molecular weight is 258 g/mol. The third-order valence-electron chi connectivity index (χ3n) is 3.27. The van der Waals surface area contributed by atoms with Gasteiger partial charge in [-0.15, -0.1) is 0 Å². The first-order valence-electron chi connectivity index (χ1n) is 6.74. The molecule has 0 radical (unpaired) electrons. The Hall–Kier alpha value is -0.990. The van der Waals surface area contributed by atoms with E-state index < -0.39 is 17.5 Å². The highest BCUT2D eigenvalue weighted by molar-refractivity contribution is 5.23. The lowest BCUT2D eigenvalue weighted by Gasteiger charge is -2.17. The molecule has 3 heteroatoms. The summed E-state index contributed by atoms with van der Waals surface area (Å²) in [5.74, 6) is -2.69. The summed E-state index contributed by atoms with van der Waals surface area (Å²) in [4.78, 5) is 0. The molecule has 1 aromatic carbocycles. The normalized spacial score (nSPS) is 12.7. The Balaban J connectivity index is 2.87. The minimum absolute atomic E-state index is 0.00310. The topological polar surface area (TPSA) is 0 Å². The van der Waals surface area contributed by atoms with Crippen molar-refractivity contribution < 1.29 is 13.2 Å². The van der Waals surface area contributed by atoms with Crippen LogP contribution in [-0.4, -0.2) is 0 Å². The minimum Gasteiger partial charge on any atom is -0.207 e. The fourth-order valence-electron chi connectivity index (χ4n) is 2.30. The van der Waals surface area contributed by atoms with Crippen LogP contribution in [0, 0.1) is 17.5 Å². The van der Waals surface area contributed by atoms with E-state index in [1.807, 2.05) is 6.92 Å². The summed E-state index contributed by atoms with van der Waals surface area (Å²) in [6.07, 6.45) is 5.74. The van der Waals surface area contributed by atoms with Crippen molar-refractivity contribution in [1.29, 1.82) is 0 Å². The summed E-state index contributed by atoms with van der Waals surface area (Å²) < 4.78 is 39.8. The van der Waals surface area contributed by atoms with E-state index in [1.165, 1.54) is 0 Å². The van der Waals surface area contributed by atoms with Crippen LogP contribution in [0.15, 0.2) is 12.1 Å². The maximum absolute atomic E-state index is 13.7. The molecule has 1 aromatic rings. The van der Waals surface area contributed by atoms with Gasteiger partial charge in [-0.1, -0.05) is 39.5 Å². The molecule has 18 heavy (non-hydrogen) atoms. The molecule has 0 aliphatic carbocycles. The smallest absolute Gasteiger partial charge is 0.161 e. The van der Waals surface area contributed by atoms with Gasteiger partial charge in [0.25, 0.3) is 0 Å².